The van der Waals surface area contributed by atoms with Crippen molar-refractivity contribution in [2.75, 3.05) is 6.61 Å². The van der Waals surface area contributed by atoms with E-state index in [1.165, 1.54) is 6.92 Å². The van der Waals surface area contributed by atoms with E-state index in [2.05, 4.69) is 5.73 Å². The maximum atomic E-state index is 10.8. The van der Waals surface area contributed by atoms with Gasteiger partial charge in [0.15, 0.2) is 6.10 Å². The average Bonchev–Trinajstić information content (AvgIpc) is 2.34. The Hall–Kier alpha value is -1.83. The van der Waals surface area contributed by atoms with Crippen LogP contribution >= 0.6 is 0 Å². The molecule has 0 aliphatic heterocycles. The Labute approximate surface area is 101 Å². The van der Waals surface area contributed by atoms with Gasteiger partial charge in [-0.2, -0.15) is 0 Å². The molecule has 0 saturated heterocycles. The molecule has 1 rings (SSSR count). The maximum Gasteiger partial charge on any atom is 0.303 e. The molecule has 17 heavy (non-hydrogen) atoms. The number of ether oxygens (including phenoxy) is 1. The van der Waals surface area contributed by atoms with E-state index in [-0.39, 0.29) is 6.61 Å². The van der Waals surface area contributed by atoms with Crippen molar-refractivity contribution in [1.29, 1.82) is 0 Å². The highest BCUT2D eigenvalue weighted by molar-refractivity contribution is 5.66. The number of esters is 1. The molecule has 1 aromatic rings. The zero-order chi connectivity index (χ0) is 12.7. The molecule has 0 fully saturated rings. The van der Waals surface area contributed by atoms with Crippen LogP contribution in [-0.2, 0) is 9.53 Å². The summed E-state index contributed by atoms with van der Waals surface area (Å²) >= 11 is 0. The normalized spacial score (nSPS) is 11.2. The van der Waals surface area contributed by atoms with Crippen LogP contribution in [0.5, 0.6) is 0 Å². The minimum atomic E-state index is -0.618. The Morgan fingerprint density at radius 1 is 1.41 bits per heavy atom. The predicted molar refractivity (Wildman–Crippen MR) is 66.2 cm³/mol. The van der Waals surface area contributed by atoms with Gasteiger partial charge >= 0.3 is 5.97 Å². The second kappa shape index (κ2) is 6.69. The zero-order valence-electron chi connectivity index (χ0n) is 10.0. The molecule has 0 aliphatic carbocycles. The van der Waals surface area contributed by atoms with Crippen LogP contribution in [0.2, 0.25) is 0 Å². The molecule has 0 spiro atoms. The van der Waals surface area contributed by atoms with Crippen LogP contribution < -0.4 is 0 Å². The van der Waals surface area contributed by atoms with Crippen LogP contribution in [0.25, 0.3) is 6.08 Å². The van der Waals surface area contributed by atoms with Gasteiger partial charge in [0.2, 0.25) is 0 Å². The lowest BCUT2D eigenvalue weighted by Crippen LogP contribution is -2.21. The quantitative estimate of drug-likeness (QED) is 0.639. The number of rotatable bonds is 4. The van der Waals surface area contributed by atoms with E-state index in [4.69, 9.17) is 9.84 Å². The summed E-state index contributed by atoms with van der Waals surface area (Å²) in [6.07, 6.45) is 1.18. The lowest BCUT2D eigenvalue weighted by Gasteiger charge is -2.12. The van der Waals surface area contributed by atoms with Crippen LogP contribution in [0.1, 0.15) is 19.4 Å². The molecular formula is C14H16O3. The monoisotopic (exact) mass is 232 g/mol. The lowest BCUT2D eigenvalue weighted by molar-refractivity contribution is -0.146. The summed E-state index contributed by atoms with van der Waals surface area (Å²) in [5, 5.41) is 9.09. The number of hydrogen-bond donors (Lipinski definition) is 1. The first-order chi connectivity index (χ1) is 8.13. The molecule has 0 bridgehead atoms. The highest BCUT2D eigenvalue weighted by Gasteiger charge is 2.11. The fraction of sp³-hybridized carbons (Fsp3) is 0.286. The van der Waals surface area contributed by atoms with Gasteiger partial charge in [-0.25, -0.2) is 0 Å². The van der Waals surface area contributed by atoms with Crippen molar-refractivity contribution in [3.05, 3.63) is 47.2 Å². The van der Waals surface area contributed by atoms with Crippen LogP contribution in [0, 0.1) is 0 Å². The number of carbonyl (C=O) groups is 1. The van der Waals surface area contributed by atoms with E-state index in [1.807, 2.05) is 30.3 Å². The molecule has 0 saturated carbocycles. The van der Waals surface area contributed by atoms with Crippen LogP contribution in [0.15, 0.2) is 41.6 Å². The van der Waals surface area contributed by atoms with Gasteiger partial charge in [-0.05, 0) is 18.6 Å². The molecule has 0 amide bonds. The first-order valence-electron chi connectivity index (χ1n) is 5.40. The predicted octanol–water partition coefficient (Wildman–Crippen LogP) is 2.17. The number of hydrogen-bond acceptors (Lipinski definition) is 3. The molecule has 3 heteroatoms. The van der Waals surface area contributed by atoms with Crippen molar-refractivity contribution in [2.45, 2.75) is 20.0 Å². The van der Waals surface area contributed by atoms with Crippen LogP contribution in [0.3, 0.4) is 0 Å². The molecule has 1 aromatic carbocycles. The molecule has 0 radical (unpaired) electrons. The van der Waals surface area contributed by atoms with Gasteiger partial charge in [0.05, 0.1) is 6.61 Å². The van der Waals surface area contributed by atoms with Crippen LogP contribution in [-0.4, -0.2) is 23.8 Å². The zero-order valence-corrected chi connectivity index (χ0v) is 10.0. The third kappa shape index (κ3) is 4.68. The summed E-state index contributed by atoms with van der Waals surface area (Å²) in [4.78, 5) is 10.8. The summed E-state index contributed by atoms with van der Waals surface area (Å²) in [5.41, 5.74) is 4.70. The lowest BCUT2D eigenvalue weighted by atomic mass is 10.1. The molecule has 1 N–H and O–H groups in total. The topological polar surface area (TPSA) is 46.5 Å². The van der Waals surface area contributed by atoms with E-state index < -0.39 is 12.1 Å². The van der Waals surface area contributed by atoms with Gasteiger partial charge in [-0.3, -0.25) is 4.79 Å². The Balaban J connectivity index is 2.83. The van der Waals surface area contributed by atoms with E-state index in [0.717, 1.165) is 5.56 Å². The Bertz CT molecular complexity index is 428. The second-order valence-corrected chi connectivity index (χ2v) is 3.66. The molecule has 0 aromatic heterocycles. The number of aliphatic hydroxyl groups excluding tert-OH is 1. The van der Waals surface area contributed by atoms with Gasteiger partial charge in [-0.15, -0.1) is 5.73 Å². The largest absolute Gasteiger partial charge is 0.455 e. The molecular weight excluding hydrogens is 216 g/mol. The van der Waals surface area contributed by atoms with Gasteiger partial charge in [0.1, 0.15) is 0 Å². The molecule has 1 atom stereocenters. The summed E-state index contributed by atoms with van der Waals surface area (Å²) in [7, 11) is 0. The standard InChI is InChI=1S/C14H16O3/c1-11(14(10-15)17-12(2)16)8-9-13-6-4-3-5-7-13/h3-7,9,14-15H,10H2,1-2H3/t8?,14-/m0/s1. The second-order valence-electron chi connectivity index (χ2n) is 3.66. The fourth-order valence-electron chi connectivity index (χ4n) is 1.30. The summed E-state index contributed by atoms with van der Waals surface area (Å²) in [5.74, 6) is -0.412. The number of benzene rings is 1. The number of carbonyl (C=O) groups excluding carboxylic acids is 1. The summed E-state index contributed by atoms with van der Waals surface area (Å²) in [6.45, 7) is 2.85. The van der Waals surface area contributed by atoms with Crippen molar-refractivity contribution in [2.24, 2.45) is 0 Å². The SMILES string of the molecule is CC(=O)O[C@@H](CO)C(C)=C=Cc1ccccc1. The van der Waals surface area contributed by atoms with E-state index in [0.29, 0.717) is 5.57 Å². The van der Waals surface area contributed by atoms with Gasteiger partial charge < -0.3 is 9.84 Å². The molecule has 0 aliphatic rings. The van der Waals surface area contributed by atoms with Crippen molar-refractivity contribution in [3.63, 3.8) is 0 Å². The first-order valence-corrected chi connectivity index (χ1v) is 5.40. The summed E-state index contributed by atoms with van der Waals surface area (Å²) < 4.78 is 4.94. The van der Waals surface area contributed by atoms with E-state index in [9.17, 15) is 4.79 Å². The minimum absolute atomic E-state index is 0.235. The first kappa shape index (κ1) is 13.2. The minimum Gasteiger partial charge on any atom is -0.455 e. The maximum absolute atomic E-state index is 10.8. The van der Waals surface area contributed by atoms with Crippen LogP contribution in [0.4, 0.5) is 0 Å². The van der Waals surface area contributed by atoms with Gasteiger partial charge in [0.25, 0.3) is 0 Å². The van der Waals surface area contributed by atoms with Crippen molar-refractivity contribution < 1.29 is 14.6 Å². The highest BCUT2D eigenvalue weighted by Crippen LogP contribution is 2.07. The third-order valence-corrected chi connectivity index (χ3v) is 2.22. The average molecular weight is 232 g/mol. The van der Waals surface area contributed by atoms with Gasteiger partial charge in [0, 0.05) is 12.5 Å². The van der Waals surface area contributed by atoms with Crippen molar-refractivity contribution in [3.8, 4) is 0 Å². The summed E-state index contributed by atoms with van der Waals surface area (Å²) in [6, 6.07) is 9.68. The van der Waals surface area contributed by atoms with E-state index in [1.54, 1.807) is 13.0 Å². The molecule has 0 unspecified atom stereocenters. The number of aliphatic hydroxyl groups is 1. The van der Waals surface area contributed by atoms with Gasteiger partial charge in [-0.1, -0.05) is 30.3 Å². The highest BCUT2D eigenvalue weighted by atomic mass is 16.5. The van der Waals surface area contributed by atoms with Crippen molar-refractivity contribution >= 4 is 12.0 Å². The smallest absolute Gasteiger partial charge is 0.303 e. The Morgan fingerprint density at radius 2 is 2.06 bits per heavy atom. The molecule has 0 heterocycles. The Morgan fingerprint density at radius 3 is 2.59 bits per heavy atom. The van der Waals surface area contributed by atoms with E-state index >= 15 is 0 Å². The van der Waals surface area contributed by atoms with Crippen molar-refractivity contribution in [1.82, 2.24) is 0 Å². The third-order valence-electron chi connectivity index (χ3n) is 2.22. The fourth-order valence-corrected chi connectivity index (χ4v) is 1.30. The molecule has 90 valence electrons. The molecule has 3 nitrogen and oxygen atoms in total. The Kier molecular flexibility index (Phi) is 5.21.